The van der Waals surface area contributed by atoms with Crippen molar-refractivity contribution in [1.82, 2.24) is 20.0 Å². The lowest BCUT2D eigenvalue weighted by atomic mass is 10.2. The average molecular weight is 283 g/mol. The normalized spacial score (nSPS) is 10.5. The molecular weight excluding hydrogens is 270 g/mol. The fourth-order valence-electron chi connectivity index (χ4n) is 1.79. The third-order valence-corrected chi connectivity index (χ3v) is 2.86. The van der Waals surface area contributed by atoms with E-state index in [0.717, 1.165) is 5.56 Å². The number of rotatable bonds is 4. The highest BCUT2D eigenvalue weighted by Crippen LogP contribution is 2.19. The highest BCUT2D eigenvalue weighted by Gasteiger charge is 2.14. The molecule has 3 rings (SSSR count). The summed E-state index contributed by atoms with van der Waals surface area (Å²) in [6.07, 6.45) is 1.73. The van der Waals surface area contributed by atoms with Crippen molar-refractivity contribution in [3.8, 4) is 11.5 Å². The van der Waals surface area contributed by atoms with Gasteiger partial charge in [0.15, 0.2) is 5.69 Å². The lowest BCUT2D eigenvalue weighted by Crippen LogP contribution is -2.13. The molecule has 1 N–H and O–H groups in total. The maximum Gasteiger partial charge on any atom is 0.322 e. The van der Waals surface area contributed by atoms with Gasteiger partial charge in [0, 0.05) is 18.3 Å². The third-order valence-electron chi connectivity index (χ3n) is 2.86. The Hall–Kier alpha value is -2.96. The summed E-state index contributed by atoms with van der Waals surface area (Å²) < 4.78 is 7.07. The fourth-order valence-corrected chi connectivity index (χ4v) is 1.79. The molecule has 2 aromatic heterocycles. The zero-order chi connectivity index (χ0) is 14.7. The van der Waals surface area contributed by atoms with Crippen LogP contribution in [-0.2, 0) is 6.54 Å². The summed E-state index contributed by atoms with van der Waals surface area (Å²) in [5, 5.41) is 14.3. The minimum atomic E-state index is -0.384. The summed E-state index contributed by atoms with van der Waals surface area (Å²) in [6.45, 7) is 2.64. The van der Waals surface area contributed by atoms with Gasteiger partial charge in [-0.15, -0.1) is 5.10 Å². The van der Waals surface area contributed by atoms with Crippen molar-refractivity contribution in [2.45, 2.75) is 13.5 Å². The summed E-state index contributed by atoms with van der Waals surface area (Å²) in [5.41, 5.74) is 1.09. The number of carbonyl (C=O) groups excluding carboxylic acids is 1. The maximum atomic E-state index is 12.0. The minimum absolute atomic E-state index is 0.0462. The molecule has 3 aromatic rings. The Morgan fingerprint density at radius 1 is 1.24 bits per heavy atom. The molecule has 0 bridgehead atoms. The van der Waals surface area contributed by atoms with Crippen molar-refractivity contribution in [2.75, 3.05) is 5.32 Å². The second-order valence-corrected chi connectivity index (χ2v) is 4.29. The number of hydrogen-bond acceptors (Lipinski definition) is 5. The molecule has 0 aliphatic heterocycles. The molecule has 0 aliphatic carbocycles. The van der Waals surface area contributed by atoms with E-state index >= 15 is 0 Å². The van der Waals surface area contributed by atoms with Crippen LogP contribution in [0.1, 0.15) is 17.4 Å². The topological polar surface area (TPSA) is 85.8 Å². The van der Waals surface area contributed by atoms with Gasteiger partial charge >= 0.3 is 6.01 Å². The molecule has 106 valence electrons. The van der Waals surface area contributed by atoms with Gasteiger partial charge in [0.1, 0.15) is 0 Å². The number of hydrogen-bond donors (Lipinski definition) is 1. The van der Waals surface area contributed by atoms with Crippen molar-refractivity contribution >= 4 is 11.9 Å². The van der Waals surface area contributed by atoms with Crippen LogP contribution in [0.25, 0.3) is 11.5 Å². The summed E-state index contributed by atoms with van der Waals surface area (Å²) in [7, 11) is 0. The predicted molar refractivity (Wildman–Crippen MR) is 75.6 cm³/mol. The first-order valence-corrected chi connectivity index (χ1v) is 6.50. The maximum absolute atomic E-state index is 12.0. The van der Waals surface area contributed by atoms with E-state index in [-0.39, 0.29) is 11.9 Å². The molecule has 0 aliphatic rings. The second-order valence-electron chi connectivity index (χ2n) is 4.29. The highest BCUT2D eigenvalue weighted by atomic mass is 16.4. The van der Waals surface area contributed by atoms with Crippen LogP contribution in [0.2, 0.25) is 0 Å². The molecule has 21 heavy (non-hydrogen) atoms. The van der Waals surface area contributed by atoms with E-state index in [4.69, 9.17) is 4.42 Å². The van der Waals surface area contributed by atoms with Crippen molar-refractivity contribution in [3.05, 3.63) is 48.3 Å². The molecule has 0 saturated carbocycles. The Morgan fingerprint density at radius 2 is 2.05 bits per heavy atom. The molecule has 0 unspecified atom stereocenters. The molecule has 0 spiro atoms. The van der Waals surface area contributed by atoms with Crippen LogP contribution in [0.4, 0.5) is 6.01 Å². The molecule has 1 amide bonds. The molecular formula is C14H13N5O2. The van der Waals surface area contributed by atoms with Gasteiger partial charge in [0.05, 0.1) is 0 Å². The van der Waals surface area contributed by atoms with Crippen LogP contribution in [0.3, 0.4) is 0 Å². The SMILES string of the molecule is CCn1ccc(C(=O)Nc2nnc(-c3ccccc3)o2)n1. The Morgan fingerprint density at radius 3 is 2.76 bits per heavy atom. The summed E-state index contributed by atoms with van der Waals surface area (Å²) in [4.78, 5) is 12.0. The Kier molecular flexibility index (Phi) is 3.46. The van der Waals surface area contributed by atoms with E-state index in [1.165, 1.54) is 0 Å². The molecule has 7 heteroatoms. The van der Waals surface area contributed by atoms with Crippen molar-refractivity contribution in [1.29, 1.82) is 0 Å². The third kappa shape index (κ3) is 2.81. The minimum Gasteiger partial charge on any atom is -0.403 e. The van der Waals surface area contributed by atoms with E-state index < -0.39 is 0 Å². The first-order valence-electron chi connectivity index (χ1n) is 6.50. The number of nitrogens with zero attached hydrogens (tertiary/aromatic N) is 4. The van der Waals surface area contributed by atoms with Crippen LogP contribution in [0, 0.1) is 0 Å². The van der Waals surface area contributed by atoms with Gasteiger partial charge in [0.25, 0.3) is 5.91 Å². The molecule has 0 radical (unpaired) electrons. The molecule has 0 fully saturated rings. The molecule has 0 atom stereocenters. The first kappa shape index (κ1) is 13.0. The lowest BCUT2D eigenvalue weighted by Gasteiger charge is -1.97. The highest BCUT2D eigenvalue weighted by molar-refractivity contribution is 6.01. The number of benzene rings is 1. The van der Waals surface area contributed by atoms with Crippen LogP contribution in [0.5, 0.6) is 0 Å². The number of aryl methyl sites for hydroxylation is 1. The molecule has 2 heterocycles. The summed E-state index contributed by atoms with van der Waals surface area (Å²) in [6, 6.07) is 11.0. The van der Waals surface area contributed by atoms with Gasteiger partial charge in [-0.1, -0.05) is 23.3 Å². The summed E-state index contributed by atoms with van der Waals surface area (Å²) >= 11 is 0. The zero-order valence-corrected chi connectivity index (χ0v) is 11.4. The molecule has 0 saturated heterocycles. The summed E-state index contributed by atoms with van der Waals surface area (Å²) in [5.74, 6) is -0.0320. The van der Waals surface area contributed by atoms with E-state index in [1.807, 2.05) is 37.3 Å². The zero-order valence-electron chi connectivity index (χ0n) is 11.4. The van der Waals surface area contributed by atoms with Gasteiger partial charge in [-0.2, -0.15) is 5.10 Å². The van der Waals surface area contributed by atoms with E-state index in [1.54, 1.807) is 16.9 Å². The quantitative estimate of drug-likeness (QED) is 0.793. The smallest absolute Gasteiger partial charge is 0.322 e. The van der Waals surface area contributed by atoms with Crippen molar-refractivity contribution in [2.24, 2.45) is 0 Å². The number of anilines is 1. The fraction of sp³-hybridized carbons (Fsp3) is 0.143. The first-order chi connectivity index (χ1) is 10.3. The molecule has 7 nitrogen and oxygen atoms in total. The Bertz CT molecular complexity index is 748. The van der Waals surface area contributed by atoms with Crippen molar-refractivity contribution in [3.63, 3.8) is 0 Å². The monoisotopic (exact) mass is 283 g/mol. The van der Waals surface area contributed by atoms with Crippen LogP contribution >= 0.6 is 0 Å². The molecule has 1 aromatic carbocycles. The number of nitrogens with one attached hydrogen (secondary N) is 1. The van der Waals surface area contributed by atoms with Gasteiger partial charge < -0.3 is 4.42 Å². The number of carbonyl (C=O) groups is 1. The second kappa shape index (κ2) is 5.58. The largest absolute Gasteiger partial charge is 0.403 e. The van der Waals surface area contributed by atoms with Gasteiger partial charge in [0.2, 0.25) is 5.89 Å². The van der Waals surface area contributed by atoms with E-state index in [2.05, 4.69) is 20.6 Å². The van der Waals surface area contributed by atoms with Crippen LogP contribution in [-0.4, -0.2) is 25.9 Å². The van der Waals surface area contributed by atoms with E-state index in [0.29, 0.717) is 18.1 Å². The van der Waals surface area contributed by atoms with Crippen LogP contribution < -0.4 is 5.32 Å². The van der Waals surface area contributed by atoms with Gasteiger partial charge in [-0.05, 0) is 25.1 Å². The lowest BCUT2D eigenvalue weighted by molar-refractivity contribution is 0.101. The Labute approximate surface area is 120 Å². The van der Waals surface area contributed by atoms with Gasteiger partial charge in [-0.25, -0.2) is 0 Å². The predicted octanol–water partition coefficient (Wildman–Crippen LogP) is 2.21. The van der Waals surface area contributed by atoms with Gasteiger partial charge in [-0.3, -0.25) is 14.8 Å². The standard InChI is InChI=1S/C14H13N5O2/c1-2-19-9-8-11(18-19)12(20)15-14-17-16-13(21-14)10-6-4-3-5-7-10/h3-9H,2H2,1H3,(H,15,17,20). The van der Waals surface area contributed by atoms with Crippen molar-refractivity contribution < 1.29 is 9.21 Å². The average Bonchev–Trinajstić information content (AvgIpc) is 3.17. The number of aromatic nitrogens is 4. The van der Waals surface area contributed by atoms with E-state index in [9.17, 15) is 4.79 Å². The number of amides is 1. The van der Waals surface area contributed by atoms with Crippen LogP contribution in [0.15, 0.2) is 47.0 Å². The Balaban J connectivity index is 1.74.